The molecule has 0 bridgehead atoms. The molecule has 0 fully saturated rings. The van der Waals surface area contributed by atoms with E-state index in [9.17, 15) is 13.2 Å². The summed E-state index contributed by atoms with van der Waals surface area (Å²) in [5, 5.41) is 12.9. The van der Waals surface area contributed by atoms with Gasteiger partial charge in [-0.05, 0) is 12.1 Å². The minimum Gasteiger partial charge on any atom is -0.476 e. The Kier molecular flexibility index (Phi) is 2.84. The van der Waals surface area contributed by atoms with Gasteiger partial charge in [-0.2, -0.15) is 0 Å². The zero-order valence-corrected chi connectivity index (χ0v) is 9.52. The Morgan fingerprint density at radius 3 is 2.88 bits per heavy atom. The summed E-state index contributed by atoms with van der Waals surface area (Å²) in [7, 11) is -3.16. The number of hydrogen-bond donors (Lipinski definition) is 2. The summed E-state index contributed by atoms with van der Waals surface area (Å²) < 4.78 is 22.4. The lowest BCUT2D eigenvalue weighted by molar-refractivity contribution is 0.0691. The van der Waals surface area contributed by atoms with E-state index in [4.69, 9.17) is 5.11 Å². The predicted molar refractivity (Wildman–Crippen MR) is 61.5 cm³/mol. The second-order valence-electron chi connectivity index (χ2n) is 3.61. The molecule has 1 aliphatic heterocycles. The lowest BCUT2D eigenvalue weighted by Crippen LogP contribution is -2.22. The van der Waals surface area contributed by atoms with Crippen LogP contribution >= 0.6 is 0 Å². The van der Waals surface area contributed by atoms with Crippen LogP contribution in [0.3, 0.4) is 0 Å². The van der Waals surface area contributed by atoms with Gasteiger partial charge in [0.05, 0.1) is 17.5 Å². The number of anilines is 1. The molecule has 6 nitrogen and oxygen atoms in total. The molecule has 0 saturated carbocycles. The number of carboxylic acids is 1. The summed E-state index contributed by atoms with van der Waals surface area (Å²) in [6.45, 7) is 0. The fourth-order valence-electron chi connectivity index (χ4n) is 1.56. The highest BCUT2D eigenvalue weighted by Gasteiger charge is 2.23. The Hall–Kier alpha value is -1.89. The van der Waals surface area contributed by atoms with E-state index in [1.54, 1.807) is 12.1 Å². The Morgan fingerprint density at radius 2 is 2.29 bits per heavy atom. The van der Waals surface area contributed by atoms with Crippen molar-refractivity contribution in [2.24, 2.45) is 0 Å². The molecule has 1 aliphatic rings. The number of carbonyl (C=O) groups is 1. The average Bonchev–Trinajstić information content (AvgIpc) is 2.58. The molecule has 1 aromatic heterocycles. The minimum atomic E-state index is -3.16. The highest BCUT2D eigenvalue weighted by molar-refractivity contribution is 7.94. The number of rotatable bonds is 3. The third kappa shape index (κ3) is 2.62. The smallest absolute Gasteiger partial charge is 0.356 e. The van der Waals surface area contributed by atoms with Crippen LogP contribution in [0.4, 0.5) is 5.69 Å². The maximum absolute atomic E-state index is 11.2. The number of carboxylic acid groups (broad SMARTS) is 1. The third-order valence-corrected chi connectivity index (χ3v) is 3.68. The first-order valence-corrected chi connectivity index (χ1v) is 6.55. The van der Waals surface area contributed by atoms with Crippen molar-refractivity contribution < 1.29 is 18.3 Å². The molecule has 2 N–H and O–H groups in total. The van der Waals surface area contributed by atoms with Crippen molar-refractivity contribution in [3.05, 3.63) is 35.5 Å². The van der Waals surface area contributed by atoms with Gasteiger partial charge in [-0.15, -0.1) is 0 Å². The van der Waals surface area contributed by atoms with E-state index in [0.29, 0.717) is 5.69 Å². The van der Waals surface area contributed by atoms with E-state index in [1.165, 1.54) is 12.3 Å². The van der Waals surface area contributed by atoms with Crippen LogP contribution in [0.2, 0.25) is 0 Å². The third-order valence-electron chi connectivity index (χ3n) is 2.28. The Bertz CT molecular complexity index is 580. The molecule has 2 heterocycles. The number of aromatic nitrogens is 1. The van der Waals surface area contributed by atoms with E-state index in [2.05, 4.69) is 10.3 Å². The standard InChI is InChI=1S/C10H10N2O4S/c13-10(14)9-8(2-1-4-11-9)12-7-3-5-17(15,16)6-7/h1-5,7,12H,6H2,(H,13,14). The first-order chi connectivity index (χ1) is 7.98. The van der Waals surface area contributed by atoms with Gasteiger partial charge in [-0.3, -0.25) is 0 Å². The molecule has 17 heavy (non-hydrogen) atoms. The monoisotopic (exact) mass is 254 g/mol. The molecule has 90 valence electrons. The summed E-state index contributed by atoms with van der Waals surface area (Å²) in [6.07, 6.45) is 2.86. The van der Waals surface area contributed by atoms with Crippen molar-refractivity contribution in [2.45, 2.75) is 6.04 Å². The summed E-state index contributed by atoms with van der Waals surface area (Å²) in [5.74, 6) is -1.22. The number of pyridine rings is 1. The zero-order chi connectivity index (χ0) is 12.5. The molecule has 1 atom stereocenters. The van der Waals surface area contributed by atoms with Crippen molar-refractivity contribution >= 4 is 21.5 Å². The fourth-order valence-corrected chi connectivity index (χ4v) is 2.79. The van der Waals surface area contributed by atoms with E-state index in [0.717, 1.165) is 5.41 Å². The van der Waals surface area contributed by atoms with Crippen LogP contribution in [0.15, 0.2) is 29.8 Å². The Balaban J connectivity index is 2.21. The van der Waals surface area contributed by atoms with Gasteiger partial charge in [-0.25, -0.2) is 18.2 Å². The summed E-state index contributed by atoms with van der Waals surface area (Å²) in [5.41, 5.74) is 0.192. The quantitative estimate of drug-likeness (QED) is 0.815. The molecule has 1 aromatic rings. The van der Waals surface area contributed by atoms with E-state index in [1.807, 2.05) is 0 Å². The highest BCUT2D eigenvalue weighted by atomic mass is 32.2. The van der Waals surface area contributed by atoms with Crippen LogP contribution in [0.5, 0.6) is 0 Å². The van der Waals surface area contributed by atoms with Crippen LogP contribution in [0.25, 0.3) is 0 Å². The number of hydrogen-bond acceptors (Lipinski definition) is 5. The Morgan fingerprint density at radius 1 is 1.53 bits per heavy atom. The van der Waals surface area contributed by atoms with Crippen LogP contribution < -0.4 is 5.32 Å². The molecule has 0 aromatic carbocycles. The fraction of sp³-hybridized carbons (Fsp3) is 0.200. The minimum absolute atomic E-state index is 0.0685. The molecule has 0 saturated heterocycles. The molecule has 0 spiro atoms. The summed E-state index contributed by atoms with van der Waals surface area (Å²) >= 11 is 0. The van der Waals surface area contributed by atoms with Gasteiger partial charge in [0.15, 0.2) is 15.5 Å². The topological polar surface area (TPSA) is 96.4 Å². The molecule has 0 amide bonds. The van der Waals surface area contributed by atoms with Crippen LogP contribution in [-0.2, 0) is 9.84 Å². The first-order valence-electron chi connectivity index (χ1n) is 4.84. The van der Waals surface area contributed by atoms with Crippen LogP contribution in [0.1, 0.15) is 10.5 Å². The zero-order valence-electron chi connectivity index (χ0n) is 8.70. The second-order valence-corrected chi connectivity index (χ2v) is 5.54. The van der Waals surface area contributed by atoms with Crippen molar-refractivity contribution in [3.63, 3.8) is 0 Å². The predicted octanol–water partition coefficient (Wildman–Crippen LogP) is 0.502. The molecular formula is C10H10N2O4S. The number of nitrogens with zero attached hydrogens (tertiary/aromatic N) is 1. The van der Waals surface area contributed by atoms with Gasteiger partial charge in [0.1, 0.15) is 0 Å². The largest absolute Gasteiger partial charge is 0.476 e. The van der Waals surface area contributed by atoms with E-state index in [-0.39, 0.29) is 11.4 Å². The summed E-state index contributed by atoms with van der Waals surface area (Å²) in [4.78, 5) is 14.6. The van der Waals surface area contributed by atoms with Crippen LogP contribution in [0, 0.1) is 0 Å². The van der Waals surface area contributed by atoms with Crippen LogP contribution in [-0.4, -0.2) is 36.3 Å². The molecule has 0 aliphatic carbocycles. The van der Waals surface area contributed by atoms with Gasteiger partial charge in [0.25, 0.3) is 0 Å². The van der Waals surface area contributed by atoms with E-state index >= 15 is 0 Å². The normalized spacial score (nSPS) is 21.3. The first kappa shape index (κ1) is 11.6. The maximum atomic E-state index is 11.2. The van der Waals surface area contributed by atoms with E-state index < -0.39 is 21.8 Å². The highest BCUT2D eigenvalue weighted by Crippen LogP contribution is 2.17. The van der Waals surface area contributed by atoms with Crippen molar-refractivity contribution in [3.8, 4) is 0 Å². The lowest BCUT2D eigenvalue weighted by Gasteiger charge is -2.12. The number of nitrogens with one attached hydrogen (secondary N) is 1. The molecular weight excluding hydrogens is 244 g/mol. The molecule has 2 rings (SSSR count). The van der Waals surface area contributed by atoms with Crippen molar-refractivity contribution in [1.29, 1.82) is 0 Å². The van der Waals surface area contributed by atoms with Gasteiger partial charge in [0.2, 0.25) is 0 Å². The number of sulfone groups is 1. The molecule has 0 radical (unpaired) electrons. The molecule has 7 heteroatoms. The second kappa shape index (κ2) is 4.17. The SMILES string of the molecule is O=C(O)c1ncccc1NC1C=CS(=O)(=O)C1. The molecule has 1 unspecified atom stereocenters. The van der Waals surface area contributed by atoms with Gasteiger partial charge >= 0.3 is 5.97 Å². The maximum Gasteiger partial charge on any atom is 0.356 e. The lowest BCUT2D eigenvalue weighted by atomic mass is 10.2. The van der Waals surface area contributed by atoms with Gasteiger partial charge < -0.3 is 10.4 Å². The average molecular weight is 254 g/mol. The van der Waals surface area contributed by atoms with Gasteiger partial charge in [-0.1, -0.05) is 6.08 Å². The van der Waals surface area contributed by atoms with Crippen molar-refractivity contribution in [1.82, 2.24) is 4.98 Å². The number of aromatic carboxylic acids is 1. The summed E-state index contributed by atoms with van der Waals surface area (Å²) in [6, 6.07) is 2.72. The van der Waals surface area contributed by atoms with Crippen molar-refractivity contribution in [2.75, 3.05) is 11.1 Å². The van der Waals surface area contributed by atoms with Gasteiger partial charge in [0, 0.05) is 11.6 Å². The Labute approximate surface area is 97.9 Å².